The lowest BCUT2D eigenvalue weighted by Crippen LogP contribution is -2.15. The van der Waals surface area contributed by atoms with Crippen molar-refractivity contribution in [1.29, 1.82) is 0 Å². The second-order valence-corrected chi connectivity index (χ2v) is 5.50. The highest BCUT2D eigenvalue weighted by molar-refractivity contribution is 7.92. The summed E-state index contributed by atoms with van der Waals surface area (Å²) < 4.78 is 44.2. The van der Waals surface area contributed by atoms with Gasteiger partial charge in [-0.3, -0.25) is 0 Å². The summed E-state index contributed by atoms with van der Waals surface area (Å²) in [6, 6.07) is 2.11. The van der Waals surface area contributed by atoms with Crippen LogP contribution < -0.4 is 4.72 Å². The Morgan fingerprint density at radius 1 is 1.45 bits per heavy atom. The molecule has 1 heterocycles. The van der Waals surface area contributed by atoms with Crippen LogP contribution in [-0.4, -0.2) is 24.5 Å². The number of aromatic carboxylic acids is 1. The number of hydrogen-bond donors (Lipinski definition) is 2. The van der Waals surface area contributed by atoms with Crippen LogP contribution in [0, 0.1) is 12.7 Å². The molecule has 0 aliphatic carbocycles. The molecule has 2 aromatic rings. The second kappa shape index (κ2) is 4.93. The molecule has 0 amide bonds. The van der Waals surface area contributed by atoms with Gasteiger partial charge in [0, 0.05) is 0 Å². The maximum Gasteiger partial charge on any atom is 0.335 e. The minimum Gasteiger partial charge on any atom is -0.478 e. The smallest absolute Gasteiger partial charge is 0.335 e. The first-order chi connectivity index (χ1) is 9.29. The summed E-state index contributed by atoms with van der Waals surface area (Å²) in [7, 11) is -4.33. The lowest BCUT2D eigenvalue weighted by atomic mass is 10.2. The number of rotatable bonds is 4. The summed E-state index contributed by atoms with van der Waals surface area (Å²) in [6.07, 6.45) is 1.21. The van der Waals surface area contributed by atoms with Gasteiger partial charge >= 0.3 is 12.0 Å². The summed E-state index contributed by atoms with van der Waals surface area (Å²) in [5.74, 6) is -2.45. The number of carboxylic acids is 1. The Morgan fingerprint density at radius 2 is 2.15 bits per heavy atom. The van der Waals surface area contributed by atoms with Crippen molar-refractivity contribution in [3.8, 4) is 0 Å². The number of oxazole rings is 1. The lowest BCUT2D eigenvalue weighted by molar-refractivity contribution is 0.0696. The van der Waals surface area contributed by atoms with Gasteiger partial charge in [-0.2, -0.15) is 4.98 Å². The number of aryl methyl sites for hydroxylation is 1. The topological polar surface area (TPSA) is 110 Å². The van der Waals surface area contributed by atoms with Gasteiger partial charge in [0.1, 0.15) is 17.0 Å². The van der Waals surface area contributed by atoms with Gasteiger partial charge < -0.3 is 9.52 Å². The molecule has 0 saturated carbocycles. The highest BCUT2D eigenvalue weighted by Gasteiger charge is 2.23. The Labute approximate surface area is 113 Å². The first-order valence-electron chi connectivity index (χ1n) is 5.27. The van der Waals surface area contributed by atoms with Crippen LogP contribution in [0.4, 0.5) is 10.4 Å². The van der Waals surface area contributed by atoms with E-state index in [2.05, 4.69) is 4.98 Å². The third-order valence-electron chi connectivity index (χ3n) is 2.31. The van der Waals surface area contributed by atoms with Gasteiger partial charge in [-0.15, -0.1) is 0 Å². The molecule has 1 aromatic heterocycles. The maximum atomic E-state index is 13.6. The van der Waals surface area contributed by atoms with Crippen LogP contribution in [0.25, 0.3) is 0 Å². The number of hydrogen-bond acceptors (Lipinski definition) is 5. The van der Waals surface area contributed by atoms with E-state index in [0.29, 0.717) is 5.69 Å². The van der Waals surface area contributed by atoms with E-state index < -0.39 is 26.7 Å². The minimum absolute atomic E-state index is 0.331. The number of aromatic nitrogens is 1. The van der Waals surface area contributed by atoms with Gasteiger partial charge in [0.25, 0.3) is 10.0 Å². The number of carbonyl (C=O) groups is 1. The highest BCUT2D eigenvalue weighted by Crippen LogP contribution is 2.20. The number of nitrogens with zero attached hydrogens (tertiary/aromatic N) is 1. The Morgan fingerprint density at radius 3 is 2.70 bits per heavy atom. The molecule has 0 bridgehead atoms. The number of benzene rings is 1. The standard InChI is InChI=1S/C11H9FN2O5S/c1-6-5-19-11(13-6)14-20(17,18)9-4-7(10(15)16)2-3-8(9)12/h2-5H,1H3,(H,13,14)(H,15,16). The molecular weight excluding hydrogens is 291 g/mol. The van der Waals surface area contributed by atoms with Crippen molar-refractivity contribution < 1.29 is 27.1 Å². The predicted molar refractivity (Wildman–Crippen MR) is 65.4 cm³/mol. The van der Waals surface area contributed by atoms with Crippen LogP contribution >= 0.6 is 0 Å². The first-order valence-corrected chi connectivity index (χ1v) is 6.76. The summed E-state index contributed by atoms with van der Waals surface area (Å²) in [5.41, 5.74) is 0.0813. The molecule has 0 radical (unpaired) electrons. The lowest BCUT2D eigenvalue weighted by Gasteiger charge is -2.06. The average molecular weight is 300 g/mol. The fourth-order valence-corrected chi connectivity index (χ4v) is 2.45. The number of halogens is 1. The van der Waals surface area contributed by atoms with Crippen molar-refractivity contribution in [1.82, 2.24) is 4.98 Å². The van der Waals surface area contributed by atoms with Crippen LogP contribution in [0.15, 0.2) is 33.8 Å². The van der Waals surface area contributed by atoms with Gasteiger partial charge in [0.15, 0.2) is 0 Å². The van der Waals surface area contributed by atoms with E-state index in [0.717, 1.165) is 18.2 Å². The Hall–Kier alpha value is -2.42. The molecule has 0 aliphatic rings. The van der Waals surface area contributed by atoms with Gasteiger partial charge in [0.2, 0.25) is 0 Å². The molecule has 9 heteroatoms. The van der Waals surface area contributed by atoms with E-state index in [1.54, 1.807) is 6.92 Å². The largest absolute Gasteiger partial charge is 0.478 e. The van der Waals surface area contributed by atoms with Crippen molar-refractivity contribution in [2.75, 3.05) is 4.72 Å². The van der Waals surface area contributed by atoms with Crippen LogP contribution in [0.2, 0.25) is 0 Å². The Balaban J connectivity index is 2.43. The van der Waals surface area contributed by atoms with E-state index in [9.17, 15) is 17.6 Å². The van der Waals surface area contributed by atoms with E-state index in [1.165, 1.54) is 6.26 Å². The van der Waals surface area contributed by atoms with E-state index >= 15 is 0 Å². The van der Waals surface area contributed by atoms with Crippen molar-refractivity contribution in [2.24, 2.45) is 0 Å². The van der Waals surface area contributed by atoms with Gasteiger partial charge in [-0.25, -0.2) is 22.3 Å². The Bertz CT molecular complexity index is 769. The molecular formula is C11H9FN2O5S. The Kier molecular flexibility index (Phi) is 3.45. The molecule has 7 nitrogen and oxygen atoms in total. The molecule has 0 atom stereocenters. The zero-order valence-corrected chi connectivity index (χ0v) is 10.9. The number of carboxylic acid groups (broad SMARTS) is 1. The van der Waals surface area contributed by atoms with Gasteiger partial charge in [-0.05, 0) is 25.1 Å². The fourth-order valence-electron chi connectivity index (χ4n) is 1.41. The van der Waals surface area contributed by atoms with Crippen molar-refractivity contribution in [2.45, 2.75) is 11.8 Å². The fraction of sp³-hybridized carbons (Fsp3) is 0.0909. The van der Waals surface area contributed by atoms with Gasteiger partial charge in [0.05, 0.1) is 11.3 Å². The average Bonchev–Trinajstić information content (AvgIpc) is 2.73. The molecule has 0 spiro atoms. The normalized spacial score (nSPS) is 11.3. The monoisotopic (exact) mass is 300 g/mol. The molecule has 0 saturated heterocycles. The van der Waals surface area contributed by atoms with Crippen LogP contribution in [0.1, 0.15) is 16.1 Å². The maximum absolute atomic E-state index is 13.6. The van der Waals surface area contributed by atoms with Crippen molar-refractivity contribution in [3.63, 3.8) is 0 Å². The number of anilines is 1. The first kappa shape index (κ1) is 14.0. The quantitative estimate of drug-likeness (QED) is 0.888. The van der Waals surface area contributed by atoms with Crippen molar-refractivity contribution >= 4 is 22.0 Å². The third-order valence-corrected chi connectivity index (χ3v) is 3.64. The second-order valence-electron chi connectivity index (χ2n) is 3.85. The molecule has 2 rings (SSSR count). The van der Waals surface area contributed by atoms with E-state index in [4.69, 9.17) is 9.52 Å². The highest BCUT2D eigenvalue weighted by atomic mass is 32.2. The molecule has 1 aromatic carbocycles. The molecule has 0 unspecified atom stereocenters. The molecule has 106 valence electrons. The zero-order valence-electron chi connectivity index (χ0n) is 10.1. The number of nitrogens with one attached hydrogen (secondary N) is 1. The zero-order chi connectivity index (χ0) is 14.9. The summed E-state index contributed by atoms with van der Waals surface area (Å²) in [4.78, 5) is 13.7. The third kappa shape index (κ3) is 2.77. The summed E-state index contributed by atoms with van der Waals surface area (Å²) >= 11 is 0. The van der Waals surface area contributed by atoms with Crippen LogP contribution in [-0.2, 0) is 10.0 Å². The van der Waals surface area contributed by atoms with Gasteiger partial charge in [-0.1, -0.05) is 0 Å². The van der Waals surface area contributed by atoms with E-state index in [-0.39, 0.29) is 11.6 Å². The minimum atomic E-state index is -4.33. The predicted octanol–water partition coefficient (Wildman–Crippen LogP) is 1.62. The summed E-state index contributed by atoms with van der Waals surface area (Å²) in [6.45, 7) is 1.58. The number of sulfonamides is 1. The SMILES string of the molecule is Cc1coc(NS(=O)(=O)c2cc(C(=O)O)ccc2F)n1. The van der Waals surface area contributed by atoms with Crippen LogP contribution in [0.3, 0.4) is 0 Å². The molecule has 20 heavy (non-hydrogen) atoms. The molecule has 0 aliphatic heterocycles. The van der Waals surface area contributed by atoms with E-state index in [1.807, 2.05) is 4.72 Å². The molecule has 2 N–H and O–H groups in total. The summed E-state index contributed by atoms with van der Waals surface area (Å²) in [5, 5.41) is 8.79. The van der Waals surface area contributed by atoms with Crippen LogP contribution in [0.5, 0.6) is 0 Å². The molecule has 0 fully saturated rings. The van der Waals surface area contributed by atoms with Crippen molar-refractivity contribution in [3.05, 3.63) is 41.5 Å².